The lowest BCUT2D eigenvalue weighted by molar-refractivity contribution is -0.383. The second-order valence-electron chi connectivity index (χ2n) is 6.39. The van der Waals surface area contributed by atoms with Crippen molar-refractivity contribution >= 4 is 5.97 Å². The topological polar surface area (TPSA) is 219 Å². The predicted molar refractivity (Wildman–Crippen MR) is 82.7 cm³/mol. The number of aliphatic hydroxyl groups is 7. The van der Waals surface area contributed by atoms with E-state index in [2.05, 4.69) is 0 Å². The number of hydrogen-bond donors (Lipinski definition) is 7. The van der Waals surface area contributed by atoms with Gasteiger partial charge in [0.25, 0.3) is 0 Å². The van der Waals surface area contributed by atoms with Gasteiger partial charge in [0.05, 0.1) is 12.7 Å². The fourth-order valence-electron chi connectivity index (χ4n) is 2.91. The van der Waals surface area contributed by atoms with Crippen molar-refractivity contribution in [1.82, 2.24) is 0 Å². The predicted octanol–water partition coefficient (Wildman–Crippen LogP) is -4.93. The van der Waals surface area contributed by atoms with Crippen LogP contribution in [0.15, 0.2) is 0 Å². The number of hydrogen-bond acceptors (Lipinski definition) is 13. The quantitative estimate of drug-likeness (QED) is 0.196. The summed E-state index contributed by atoms with van der Waals surface area (Å²) in [5, 5.41) is 77.2. The molecule has 9 atom stereocenters. The molecule has 0 amide bonds. The average molecular weight is 409 g/mol. The van der Waals surface area contributed by atoms with E-state index in [4.69, 9.17) is 29.3 Å². The smallest absolute Gasteiger partial charge is 0.320 e. The Hall–Kier alpha value is -1.44. The van der Waals surface area contributed by atoms with Crippen LogP contribution in [0.5, 0.6) is 0 Å². The molecule has 7 N–H and O–H groups in total. The summed E-state index contributed by atoms with van der Waals surface area (Å²) in [5.74, 6) is -3.21. The van der Waals surface area contributed by atoms with Crippen molar-refractivity contribution in [3.63, 3.8) is 0 Å². The van der Waals surface area contributed by atoms with E-state index in [-0.39, 0.29) is 0 Å². The summed E-state index contributed by atoms with van der Waals surface area (Å²) in [6.07, 6.45) is -13.9. The van der Waals surface area contributed by atoms with E-state index in [1.165, 1.54) is 0 Å². The van der Waals surface area contributed by atoms with Gasteiger partial charge < -0.3 is 54.7 Å². The van der Waals surface area contributed by atoms with Crippen LogP contribution in [0.4, 0.5) is 0 Å². The van der Waals surface area contributed by atoms with Crippen molar-refractivity contribution < 1.29 is 59.5 Å². The molecule has 13 heteroatoms. The lowest BCUT2D eigenvalue weighted by atomic mass is 9.99. The number of esters is 1. The van der Waals surface area contributed by atoms with Gasteiger partial charge in [-0.25, -0.2) is 0 Å². The van der Waals surface area contributed by atoms with Crippen LogP contribution in [-0.2, 0) is 23.7 Å². The van der Waals surface area contributed by atoms with Crippen LogP contribution in [0.2, 0.25) is 0 Å². The molecule has 0 spiro atoms. The van der Waals surface area contributed by atoms with Crippen LogP contribution in [0, 0.1) is 11.3 Å². The van der Waals surface area contributed by atoms with Gasteiger partial charge in [-0.15, -0.1) is 0 Å². The molecule has 0 aliphatic carbocycles. The van der Waals surface area contributed by atoms with Crippen LogP contribution < -0.4 is 0 Å². The maximum Gasteiger partial charge on any atom is 0.320 e. The molecule has 2 fully saturated rings. The number of carbonyl (C=O) groups is 1. The molecule has 28 heavy (non-hydrogen) atoms. The van der Waals surface area contributed by atoms with Crippen molar-refractivity contribution in [2.24, 2.45) is 0 Å². The fraction of sp³-hybridized carbons (Fsp3) is 0.867. The fourth-order valence-corrected chi connectivity index (χ4v) is 2.91. The third-order valence-corrected chi connectivity index (χ3v) is 4.52. The number of ether oxygens (including phenoxy) is 4. The molecular weight excluding hydrogens is 386 g/mol. The second kappa shape index (κ2) is 9.37. The first kappa shape index (κ1) is 22.8. The molecule has 13 nitrogen and oxygen atoms in total. The van der Waals surface area contributed by atoms with Gasteiger partial charge in [-0.1, -0.05) is 0 Å². The molecule has 0 bridgehead atoms. The van der Waals surface area contributed by atoms with Crippen LogP contribution in [0.1, 0.15) is 6.42 Å². The van der Waals surface area contributed by atoms with Crippen LogP contribution in [0.25, 0.3) is 0 Å². The molecule has 0 unspecified atom stereocenters. The molecule has 2 heterocycles. The summed E-state index contributed by atoms with van der Waals surface area (Å²) in [7, 11) is 0. The Kier molecular flexibility index (Phi) is 7.65. The molecular formula is C15H23NO12. The van der Waals surface area contributed by atoms with Crippen molar-refractivity contribution in [1.29, 1.82) is 5.26 Å². The minimum Gasteiger partial charge on any atom is -0.462 e. The highest BCUT2D eigenvalue weighted by Gasteiger charge is 2.58. The van der Waals surface area contributed by atoms with Crippen LogP contribution >= 0.6 is 0 Å². The van der Waals surface area contributed by atoms with Crippen molar-refractivity contribution in [3.8, 4) is 6.07 Å². The Morgan fingerprint density at radius 1 is 1.04 bits per heavy atom. The number of carbonyl (C=O) groups excluding carboxylic acids is 1. The Balaban J connectivity index is 2.12. The van der Waals surface area contributed by atoms with Crippen molar-refractivity contribution in [2.75, 3.05) is 19.8 Å². The van der Waals surface area contributed by atoms with E-state index < -0.39 is 87.0 Å². The SMILES string of the molecule is N#CCC(=O)OC[C@H]1O[C@H](O[C@]2(CO)O[C@H](CO)[C@@H](O)[C@@H]2O)[C@H](O)[C@@H](O)[C@@H]1O. The Morgan fingerprint density at radius 3 is 2.25 bits per heavy atom. The molecule has 0 aromatic heterocycles. The molecule has 2 saturated heterocycles. The summed E-state index contributed by atoms with van der Waals surface area (Å²) >= 11 is 0. The first-order valence-corrected chi connectivity index (χ1v) is 8.36. The molecule has 2 rings (SSSR count). The highest BCUT2D eigenvalue weighted by atomic mass is 16.8. The zero-order valence-electron chi connectivity index (χ0n) is 14.6. The molecule has 2 aliphatic rings. The third kappa shape index (κ3) is 4.42. The highest BCUT2D eigenvalue weighted by Crippen LogP contribution is 2.35. The second-order valence-corrected chi connectivity index (χ2v) is 6.39. The minimum atomic E-state index is -2.30. The first-order chi connectivity index (χ1) is 13.2. The third-order valence-electron chi connectivity index (χ3n) is 4.52. The molecule has 160 valence electrons. The van der Waals surface area contributed by atoms with Crippen LogP contribution in [-0.4, -0.2) is 116 Å². The van der Waals surface area contributed by atoms with E-state index in [0.717, 1.165) is 0 Å². The van der Waals surface area contributed by atoms with Crippen LogP contribution in [0.3, 0.4) is 0 Å². The van der Waals surface area contributed by atoms with E-state index in [9.17, 15) is 35.4 Å². The first-order valence-electron chi connectivity index (χ1n) is 8.36. The molecule has 0 aromatic rings. The van der Waals surface area contributed by atoms with E-state index in [1.807, 2.05) is 0 Å². The van der Waals surface area contributed by atoms with E-state index in [0.29, 0.717) is 0 Å². The molecule has 2 aliphatic heterocycles. The maximum atomic E-state index is 11.3. The summed E-state index contributed by atoms with van der Waals surface area (Å²) in [6, 6.07) is 1.56. The van der Waals surface area contributed by atoms with Gasteiger partial charge in [0.2, 0.25) is 5.79 Å². The summed E-state index contributed by atoms with van der Waals surface area (Å²) in [5.41, 5.74) is 0. The van der Waals surface area contributed by atoms with Gasteiger partial charge >= 0.3 is 5.97 Å². The number of nitrogens with zero attached hydrogens (tertiary/aromatic N) is 1. The molecule has 0 radical (unpaired) electrons. The van der Waals surface area contributed by atoms with Crippen molar-refractivity contribution in [2.45, 2.75) is 61.2 Å². The van der Waals surface area contributed by atoms with Gasteiger partial charge in [0, 0.05) is 0 Å². The number of aliphatic hydroxyl groups excluding tert-OH is 7. The number of rotatable bonds is 7. The zero-order chi connectivity index (χ0) is 21.1. The largest absolute Gasteiger partial charge is 0.462 e. The lowest BCUT2D eigenvalue weighted by Crippen LogP contribution is -2.62. The van der Waals surface area contributed by atoms with Gasteiger partial charge in [0.1, 0.15) is 62.4 Å². The average Bonchev–Trinajstić information content (AvgIpc) is 2.92. The van der Waals surface area contributed by atoms with Gasteiger partial charge in [-0.3, -0.25) is 4.79 Å². The lowest BCUT2D eigenvalue weighted by Gasteiger charge is -2.43. The van der Waals surface area contributed by atoms with E-state index in [1.54, 1.807) is 6.07 Å². The van der Waals surface area contributed by atoms with Crippen molar-refractivity contribution in [3.05, 3.63) is 0 Å². The Bertz CT molecular complexity index is 584. The number of nitriles is 1. The Labute approximate surface area is 158 Å². The molecule has 0 saturated carbocycles. The summed E-state index contributed by atoms with van der Waals surface area (Å²) in [6.45, 7) is -2.33. The van der Waals surface area contributed by atoms with E-state index >= 15 is 0 Å². The minimum absolute atomic E-state index is 0.554. The summed E-state index contributed by atoms with van der Waals surface area (Å²) in [4.78, 5) is 11.3. The maximum absolute atomic E-state index is 11.3. The standard InChI is InChI=1S/C15H23NO12/c16-2-1-8(19)25-4-7-9(20)11(22)12(23)14(26-7)28-15(5-18)13(24)10(21)6(3-17)27-15/h6-7,9-14,17-18,20-24H,1,3-5H2/t6-,7-,9-,10-,11+,12-,13+,14-,15+/m1/s1. The van der Waals surface area contributed by atoms with Gasteiger partial charge in [-0.2, -0.15) is 5.26 Å². The normalized spacial score (nSPS) is 43.5. The van der Waals surface area contributed by atoms with Gasteiger partial charge in [-0.05, 0) is 0 Å². The monoisotopic (exact) mass is 409 g/mol. The zero-order valence-corrected chi connectivity index (χ0v) is 14.6. The van der Waals surface area contributed by atoms with Gasteiger partial charge in [0.15, 0.2) is 6.29 Å². The highest BCUT2D eigenvalue weighted by molar-refractivity contribution is 5.71. The molecule has 0 aromatic carbocycles. The summed E-state index contributed by atoms with van der Waals surface area (Å²) < 4.78 is 20.4. The Morgan fingerprint density at radius 2 is 1.71 bits per heavy atom.